The van der Waals surface area contributed by atoms with Crippen molar-refractivity contribution < 1.29 is 14.3 Å². The third-order valence-corrected chi connectivity index (χ3v) is 5.92. The summed E-state index contributed by atoms with van der Waals surface area (Å²) in [7, 11) is 1.62. The van der Waals surface area contributed by atoms with Crippen molar-refractivity contribution in [2.75, 3.05) is 18.6 Å². The SMILES string of the molecule is COc1cc2c3c(c1)C(c1ccccc1)=N[C@@H](NC(=O)c1cccc(Cl)c1)C(=O)N3CC2. The van der Waals surface area contributed by atoms with E-state index in [0.29, 0.717) is 35.0 Å². The van der Waals surface area contributed by atoms with Gasteiger partial charge in [-0.05, 0) is 42.3 Å². The number of benzene rings is 3. The molecule has 2 aliphatic rings. The van der Waals surface area contributed by atoms with Crippen molar-refractivity contribution in [1.82, 2.24) is 5.32 Å². The molecule has 0 saturated heterocycles. The van der Waals surface area contributed by atoms with Crippen LogP contribution in [0.25, 0.3) is 0 Å². The predicted molar refractivity (Wildman–Crippen MR) is 124 cm³/mol. The number of carbonyl (C=O) groups excluding carboxylic acids is 2. The number of hydrogen-bond acceptors (Lipinski definition) is 4. The Hall–Kier alpha value is -3.64. The number of hydrogen-bond donors (Lipinski definition) is 1. The Morgan fingerprint density at radius 1 is 1.12 bits per heavy atom. The molecule has 2 amide bonds. The van der Waals surface area contributed by atoms with Gasteiger partial charge in [-0.1, -0.05) is 48.0 Å². The van der Waals surface area contributed by atoms with Gasteiger partial charge in [0, 0.05) is 28.3 Å². The maximum Gasteiger partial charge on any atom is 0.272 e. The van der Waals surface area contributed by atoms with E-state index < -0.39 is 12.1 Å². The minimum Gasteiger partial charge on any atom is -0.497 e. The molecule has 0 saturated carbocycles. The summed E-state index contributed by atoms with van der Waals surface area (Å²) in [5.41, 5.74) is 4.53. The van der Waals surface area contributed by atoms with Gasteiger partial charge in [0.15, 0.2) is 0 Å². The first-order chi connectivity index (χ1) is 15.5. The molecule has 1 atom stereocenters. The molecule has 6 nitrogen and oxygen atoms in total. The first-order valence-electron chi connectivity index (χ1n) is 10.3. The normalized spacial score (nSPS) is 16.8. The van der Waals surface area contributed by atoms with Crippen LogP contribution in [0.1, 0.15) is 27.0 Å². The van der Waals surface area contributed by atoms with E-state index in [-0.39, 0.29) is 5.91 Å². The van der Waals surface area contributed by atoms with Crippen LogP contribution in [0.5, 0.6) is 5.75 Å². The first kappa shape index (κ1) is 20.3. The zero-order valence-electron chi connectivity index (χ0n) is 17.3. The molecule has 1 N–H and O–H groups in total. The number of methoxy groups -OCH3 is 1. The Bertz CT molecular complexity index is 1260. The number of rotatable bonds is 4. The number of halogens is 1. The Balaban J connectivity index is 1.63. The van der Waals surface area contributed by atoms with E-state index >= 15 is 0 Å². The minimum atomic E-state index is -1.07. The summed E-state index contributed by atoms with van der Waals surface area (Å²) in [6, 6.07) is 20.1. The van der Waals surface area contributed by atoms with Gasteiger partial charge in [0.25, 0.3) is 11.8 Å². The molecular formula is C25H20ClN3O3. The number of carbonyl (C=O) groups is 2. The lowest BCUT2D eigenvalue weighted by atomic mass is 9.97. The van der Waals surface area contributed by atoms with Gasteiger partial charge < -0.3 is 15.0 Å². The summed E-state index contributed by atoms with van der Waals surface area (Å²) in [5.74, 6) is 0.0273. The maximum atomic E-state index is 13.5. The highest BCUT2D eigenvalue weighted by molar-refractivity contribution is 6.31. The Kier molecular flexibility index (Phi) is 5.15. The zero-order valence-corrected chi connectivity index (χ0v) is 18.1. The van der Waals surface area contributed by atoms with E-state index in [4.69, 9.17) is 21.3 Å². The van der Waals surface area contributed by atoms with Crippen LogP contribution in [0.2, 0.25) is 5.02 Å². The second-order valence-corrected chi connectivity index (χ2v) is 8.09. The Morgan fingerprint density at radius 3 is 2.69 bits per heavy atom. The van der Waals surface area contributed by atoms with Crippen LogP contribution in [0, 0.1) is 0 Å². The lowest BCUT2D eigenvalue weighted by Crippen LogP contribution is -2.46. The fourth-order valence-corrected chi connectivity index (χ4v) is 4.39. The molecule has 2 aliphatic heterocycles. The summed E-state index contributed by atoms with van der Waals surface area (Å²) in [5, 5.41) is 3.24. The van der Waals surface area contributed by atoms with Crippen LogP contribution >= 0.6 is 11.6 Å². The molecule has 0 aliphatic carbocycles. The van der Waals surface area contributed by atoms with Crippen molar-refractivity contribution in [3.63, 3.8) is 0 Å². The van der Waals surface area contributed by atoms with Gasteiger partial charge in [-0.25, -0.2) is 4.99 Å². The molecule has 160 valence electrons. The van der Waals surface area contributed by atoms with E-state index in [1.165, 1.54) is 0 Å². The monoisotopic (exact) mass is 445 g/mol. The summed E-state index contributed by atoms with van der Waals surface area (Å²) in [6.45, 7) is 0.523. The molecule has 5 rings (SSSR count). The average molecular weight is 446 g/mol. The van der Waals surface area contributed by atoms with E-state index in [9.17, 15) is 9.59 Å². The van der Waals surface area contributed by atoms with Crippen LogP contribution in [0.3, 0.4) is 0 Å². The average Bonchev–Trinajstić information content (AvgIpc) is 3.20. The fourth-order valence-electron chi connectivity index (χ4n) is 4.20. The summed E-state index contributed by atoms with van der Waals surface area (Å²) < 4.78 is 5.51. The Labute approximate surface area is 190 Å². The van der Waals surface area contributed by atoms with Crippen LogP contribution < -0.4 is 15.0 Å². The molecular weight excluding hydrogens is 426 g/mol. The van der Waals surface area contributed by atoms with Crippen molar-refractivity contribution in [1.29, 1.82) is 0 Å². The molecule has 0 bridgehead atoms. The second-order valence-electron chi connectivity index (χ2n) is 7.65. The molecule has 0 unspecified atom stereocenters. The third-order valence-electron chi connectivity index (χ3n) is 5.69. The van der Waals surface area contributed by atoms with Crippen molar-refractivity contribution in [2.24, 2.45) is 4.99 Å². The molecule has 0 radical (unpaired) electrons. The molecule has 2 heterocycles. The predicted octanol–water partition coefficient (Wildman–Crippen LogP) is 3.84. The number of nitrogens with zero attached hydrogens (tertiary/aromatic N) is 2. The van der Waals surface area contributed by atoms with Crippen molar-refractivity contribution >= 4 is 34.8 Å². The molecule has 3 aromatic rings. The van der Waals surface area contributed by atoms with Gasteiger partial charge in [0.2, 0.25) is 6.17 Å². The first-order valence-corrected chi connectivity index (χ1v) is 10.7. The number of nitrogens with one attached hydrogen (secondary N) is 1. The molecule has 3 aromatic carbocycles. The summed E-state index contributed by atoms with van der Waals surface area (Å²) in [4.78, 5) is 32.9. The van der Waals surface area contributed by atoms with Gasteiger partial charge in [0.05, 0.1) is 18.5 Å². The largest absolute Gasteiger partial charge is 0.497 e. The van der Waals surface area contributed by atoms with Gasteiger partial charge in [-0.3, -0.25) is 9.59 Å². The number of amides is 2. The van der Waals surface area contributed by atoms with Crippen LogP contribution in [0.4, 0.5) is 5.69 Å². The standard InChI is InChI=1S/C25H20ClN3O3/c1-32-19-13-16-10-11-29-22(16)20(14-19)21(15-6-3-2-4-7-15)27-23(25(29)31)28-24(30)17-8-5-9-18(26)12-17/h2-9,12-14,23H,10-11H2,1H3,(H,28,30)/t23-/m0/s1. The smallest absolute Gasteiger partial charge is 0.272 e. The quantitative estimate of drug-likeness (QED) is 0.663. The highest BCUT2D eigenvalue weighted by Gasteiger charge is 2.37. The highest BCUT2D eigenvalue weighted by atomic mass is 35.5. The van der Waals surface area contributed by atoms with Crippen LogP contribution in [-0.2, 0) is 11.2 Å². The molecule has 0 fully saturated rings. The molecule has 0 spiro atoms. The van der Waals surface area contributed by atoms with Crippen LogP contribution in [-0.4, -0.2) is 37.3 Å². The number of aliphatic imine (C=N–C) groups is 1. The van der Waals surface area contributed by atoms with E-state index in [0.717, 1.165) is 22.4 Å². The molecule has 0 aromatic heterocycles. The molecule has 7 heteroatoms. The number of anilines is 1. The van der Waals surface area contributed by atoms with Crippen molar-refractivity contribution in [3.8, 4) is 5.75 Å². The van der Waals surface area contributed by atoms with E-state index in [1.807, 2.05) is 42.5 Å². The van der Waals surface area contributed by atoms with Gasteiger partial charge in [-0.2, -0.15) is 0 Å². The number of ether oxygens (including phenoxy) is 1. The summed E-state index contributed by atoms with van der Waals surface area (Å²) in [6.07, 6.45) is -0.358. The minimum absolute atomic E-state index is 0.267. The van der Waals surface area contributed by atoms with Crippen molar-refractivity contribution in [3.05, 3.63) is 94.0 Å². The van der Waals surface area contributed by atoms with Crippen LogP contribution in [0.15, 0.2) is 71.7 Å². The van der Waals surface area contributed by atoms with E-state index in [1.54, 1.807) is 36.3 Å². The summed E-state index contributed by atoms with van der Waals surface area (Å²) >= 11 is 6.04. The lowest BCUT2D eigenvalue weighted by Gasteiger charge is -2.21. The van der Waals surface area contributed by atoms with Crippen molar-refractivity contribution in [2.45, 2.75) is 12.6 Å². The van der Waals surface area contributed by atoms with E-state index in [2.05, 4.69) is 5.32 Å². The highest BCUT2D eigenvalue weighted by Crippen LogP contribution is 2.39. The lowest BCUT2D eigenvalue weighted by molar-refractivity contribution is -0.120. The molecule has 32 heavy (non-hydrogen) atoms. The maximum absolute atomic E-state index is 13.5. The fraction of sp³-hybridized carbons (Fsp3) is 0.160. The topological polar surface area (TPSA) is 71.0 Å². The van der Waals surface area contributed by atoms with Gasteiger partial charge in [-0.15, -0.1) is 0 Å². The third kappa shape index (κ3) is 3.52. The van der Waals surface area contributed by atoms with Gasteiger partial charge in [0.1, 0.15) is 5.75 Å². The zero-order chi connectivity index (χ0) is 22.2. The van der Waals surface area contributed by atoms with Gasteiger partial charge >= 0.3 is 0 Å². The Morgan fingerprint density at radius 2 is 1.94 bits per heavy atom. The second kappa shape index (κ2) is 8.13.